The highest BCUT2D eigenvalue weighted by molar-refractivity contribution is 6.01. The first-order valence-electron chi connectivity index (χ1n) is 14.9. The van der Waals surface area contributed by atoms with E-state index < -0.39 is 48.8 Å². The summed E-state index contributed by atoms with van der Waals surface area (Å²) >= 11 is 0. The second-order valence-electron chi connectivity index (χ2n) is 11.0. The number of Topliss-reactive ketones (excluding diaryl/α,β-unsaturated/α-hetero) is 1. The summed E-state index contributed by atoms with van der Waals surface area (Å²) in [6.07, 6.45) is 7.77. The standard InChI is InChI=1S/C30H50O10/c1-2-3-14-21(39-30-29(38)28(37)27(36)25(19-31)40-30)15-12-10-8-6-4-5-7-9-11-13-16-22(33)26-23(34)17-20(32)18-24(26)35/h17-18,21,25,27-32,34-38H,2-16,19H2,1H3/t21-,25-,27-,28+,29+,30+/m1/s1. The van der Waals surface area contributed by atoms with Crippen molar-refractivity contribution in [3.63, 3.8) is 0 Å². The molecular formula is C30H50O10. The average molecular weight is 571 g/mol. The molecule has 1 aromatic rings. The number of aromatic hydroxyl groups is 3. The number of rotatable bonds is 20. The molecule has 2 rings (SSSR count). The molecule has 0 amide bonds. The Kier molecular flexibility index (Phi) is 15.8. The van der Waals surface area contributed by atoms with Crippen LogP contribution in [-0.4, -0.2) is 84.9 Å². The molecular weight excluding hydrogens is 520 g/mol. The van der Waals surface area contributed by atoms with Crippen LogP contribution in [0.15, 0.2) is 12.1 Å². The summed E-state index contributed by atoms with van der Waals surface area (Å²) < 4.78 is 11.5. The van der Waals surface area contributed by atoms with E-state index in [2.05, 4.69) is 6.92 Å². The molecule has 0 aliphatic carbocycles. The maximum Gasteiger partial charge on any atom is 0.186 e. The Balaban J connectivity index is 1.55. The summed E-state index contributed by atoms with van der Waals surface area (Å²) in [5.74, 6) is -1.42. The van der Waals surface area contributed by atoms with Crippen molar-refractivity contribution < 1.29 is 50.0 Å². The van der Waals surface area contributed by atoms with Crippen LogP contribution in [0.3, 0.4) is 0 Å². The number of aliphatic hydroxyl groups is 4. The summed E-state index contributed by atoms with van der Waals surface area (Å²) in [5, 5.41) is 68.6. The van der Waals surface area contributed by atoms with Crippen LogP contribution < -0.4 is 0 Å². The van der Waals surface area contributed by atoms with E-state index >= 15 is 0 Å². The second-order valence-corrected chi connectivity index (χ2v) is 11.0. The fourth-order valence-electron chi connectivity index (χ4n) is 5.16. The molecule has 230 valence electrons. The van der Waals surface area contributed by atoms with Crippen molar-refractivity contribution in [3.05, 3.63) is 17.7 Å². The number of carbonyl (C=O) groups excluding carboxylic acids is 1. The molecule has 1 fully saturated rings. The van der Waals surface area contributed by atoms with Crippen LogP contribution in [0.5, 0.6) is 17.2 Å². The third-order valence-corrected chi connectivity index (χ3v) is 7.59. The molecule has 0 saturated carbocycles. The van der Waals surface area contributed by atoms with Gasteiger partial charge >= 0.3 is 0 Å². The van der Waals surface area contributed by atoms with Crippen molar-refractivity contribution in [2.75, 3.05) is 6.61 Å². The lowest BCUT2D eigenvalue weighted by atomic mass is 9.98. The zero-order valence-corrected chi connectivity index (χ0v) is 23.8. The van der Waals surface area contributed by atoms with E-state index in [1.54, 1.807) is 0 Å². The maximum absolute atomic E-state index is 12.3. The lowest BCUT2D eigenvalue weighted by Gasteiger charge is -2.41. The van der Waals surface area contributed by atoms with Crippen molar-refractivity contribution in [2.45, 2.75) is 140 Å². The average Bonchev–Trinajstić information content (AvgIpc) is 2.91. The summed E-state index contributed by atoms with van der Waals surface area (Å²) in [7, 11) is 0. The molecule has 0 aromatic heterocycles. The quantitative estimate of drug-likeness (QED) is 0.0894. The Morgan fingerprint density at radius 3 is 1.88 bits per heavy atom. The van der Waals surface area contributed by atoms with E-state index in [0.29, 0.717) is 6.42 Å². The van der Waals surface area contributed by atoms with Gasteiger partial charge in [-0.05, 0) is 19.3 Å². The highest BCUT2D eigenvalue weighted by Crippen LogP contribution is 2.33. The van der Waals surface area contributed by atoms with Crippen molar-refractivity contribution in [1.82, 2.24) is 0 Å². The van der Waals surface area contributed by atoms with E-state index in [1.165, 1.54) is 0 Å². The normalized spacial score (nSPS) is 23.8. The first kappa shape index (κ1) is 34.3. The number of phenolic OH excluding ortho intramolecular Hbond substituents is 3. The van der Waals surface area contributed by atoms with Gasteiger partial charge in [-0.1, -0.05) is 77.6 Å². The molecule has 1 aromatic carbocycles. The number of carbonyl (C=O) groups is 1. The van der Waals surface area contributed by atoms with Crippen LogP contribution in [0.25, 0.3) is 0 Å². The Morgan fingerprint density at radius 1 is 0.800 bits per heavy atom. The molecule has 7 N–H and O–H groups in total. The molecule has 1 aliphatic heterocycles. The monoisotopic (exact) mass is 570 g/mol. The van der Waals surface area contributed by atoms with Gasteiger partial charge in [0.2, 0.25) is 0 Å². The Hall–Kier alpha value is -1.95. The highest BCUT2D eigenvalue weighted by atomic mass is 16.7. The number of aliphatic hydroxyl groups excluding tert-OH is 4. The molecule has 40 heavy (non-hydrogen) atoms. The molecule has 10 nitrogen and oxygen atoms in total. The first-order chi connectivity index (χ1) is 19.2. The zero-order chi connectivity index (χ0) is 29.5. The van der Waals surface area contributed by atoms with Crippen molar-refractivity contribution in [1.29, 1.82) is 0 Å². The van der Waals surface area contributed by atoms with Gasteiger partial charge < -0.3 is 45.2 Å². The molecule has 0 radical (unpaired) electrons. The van der Waals surface area contributed by atoms with Gasteiger partial charge in [-0.15, -0.1) is 0 Å². The molecule has 0 bridgehead atoms. The summed E-state index contributed by atoms with van der Waals surface area (Å²) in [6.45, 7) is 1.63. The van der Waals surface area contributed by atoms with Gasteiger partial charge in [-0.2, -0.15) is 0 Å². The fraction of sp³-hybridized carbons (Fsp3) is 0.767. The molecule has 0 spiro atoms. The number of ether oxygens (including phenoxy) is 2. The lowest BCUT2D eigenvalue weighted by molar-refractivity contribution is -0.312. The third-order valence-electron chi connectivity index (χ3n) is 7.59. The largest absolute Gasteiger partial charge is 0.508 e. The number of ketones is 1. The minimum atomic E-state index is -1.43. The van der Waals surface area contributed by atoms with Gasteiger partial charge in [0.05, 0.1) is 12.7 Å². The number of benzene rings is 1. The minimum absolute atomic E-state index is 0.129. The first-order valence-corrected chi connectivity index (χ1v) is 14.9. The van der Waals surface area contributed by atoms with Crippen molar-refractivity contribution in [2.24, 2.45) is 0 Å². The van der Waals surface area contributed by atoms with E-state index in [1.807, 2.05) is 0 Å². The predicted molar refractivity (Wildman–Crippen MR) is 149 cm³/mol. The third kappa shape index (κ3) is 11.1. The molecule has 6 atom stereocenters. The van der Waals surface area contributed by atoms with Crippen LogP contribution in [-0.2, 0) is 9.47 Å². The number of unbranched alkanes of at least 4 members (excludes halogenated alkanes) is 10. The molecule has 1 aliphatic rings. The minimum Gasteiger partial charge on any atom is -0.508 e. The highest BCUT2D eigenvalue weighted by Gasteiger charge is 2.44. The van der Waals surface area contributed by atoms with Crippen LogP contribution in [0.4, 0.5) is 0 Å². The van der Waals surface area contributed by atoms with Crippen molar-refractivity contribution >= 4 is 5.78 Å². The SMILES string of the molecule is CCCC[C@H](CCCCCCCCCCCCC(=O)c1c(O)cc(O)cc1O)O[C@H]1O[C@H](CO)[C@@H](O)[C@H](O)[C@@H]1O. The van der Waals surface area contributed by atoms with Gasteiger partial charge in [-0.25, -0.2) is 0 Å². The molecule has 1 saturated heterocycles. The van der Waals surface area contributed by atoms with Gasteiger partial charge in [0.15, 0.2) is 12.1 Å². The van der Waals surface area contributed by atoms with Gasteiger partial charge in [0.25, 0.3) is 0 Å². The van der Waals surface area contributed by atoms with Gasteiger partial charge in [0, 0.05) is 18.6 Å². The predicted octanol–water partition coefficient (Wildman–Crippen LogP) is 4.04. The van der Waals surface area contributed by atoms with Crippen LogP contribution in [0.2, 0.25) is 0 Å². The fourth-order valence-corrected chi connectivity index (χ4v) is 5.16. The topological polar surface area (TPSA) is 177 Å². The molecule has 0 unspecified atom stereocenters. The zero-order valence-electron chi connectivity index (χ0n) is 23.8. The smallest absolute Gasteiger partial charge is 0.186 e. The summed E-state index contributed by atoms with van der Waals surface area (Å²) in [4.78, 5) is 12.3. The number of hydrogen-bond donors (Lipinski definition) is 7. The maximum atomic E-state index is 12.3. The molecule has 1 heterocycles. The molecule has 10 heteroatoms. The Labute approximate surface area is 237 Å². The van der Waals surface area contributed by atoms with Crippen LogP contribution >= 0.6 is 0 Å². The van der Waals surface area contributed by atoms with Crippen molar-refractivity contribution in [3.8, 4) is 17.2 Å². The van der Waals surface area contributed by atoms with E-state index in [-0.39, 0.29) is 29.6 Å². The Morgan fingerprint density at radius 2 is 1.32 bits per heavy atom. The van der Waals surface area contributed by atoms with Gasteiger partial charge in [0.1, 0.15) is 47.2 Å². The second kappa shape index (κ2) is 18.5. The summed E-state index contributed by atoms with van der Waals surface area (Å²) in [6, 6.07) is 2.10. The van der Waals surface area contributed by atoms with Crippen LogP contribution in [0.1, 0.15) is 114 Å². The summed E-state index contributed by atoms with van der Waals surface area (Å²) in [5.41, 5.74) is -0.130. The van der Waals surface area contributed by atoms with E-state index in [4.69, 9.17) is 9.47 Å². The van der Waals surface area contributed by atoms with Gasteiger partial charge in [-0.3, -0.25) is 4.79 Å². The Bertz CT molecular complexity index is 838. The van der Waals surface area contributed by atoms with Crippen LogP contribution in [0, 0.1) is 0 Å². The lowest BCUT2D eigenvalue weighted by Crippen LogP contribution is -2.59. The van der Waals surface area contributed by atoms with E-state index in [0.717, 1.165) is 95.6 Å². The number of phenols is 3. The van der Waals surface area contributed by atoms with E-state index in [9.17, 15) is 40.5 Å². The number of hydrogen-bond acceptors (Lipinski definition) is 10.